The lowest BCUT2D eigenvalue weighted by Gasteiger charge is -2.36. The van der Waals surface area contributed by atoms with Crippen molar-refractivity contribution in [1.82, 2.24) is 0 Å². The number of rotatable bonds is 4. The molecule has 0 spiro atoms. The fourth-order valence-corrected chi connectivity index (χ4v) is 2.72. The molecule has 0 heterocycles. The number of hydrogen-bond acceptors (Lipinski definition) is 2. The van der Waals surface area contributed by atoms with E-state index in [0.29, 0.717) is 6.42 Å². The van der Waals surface area contributed by atoms with E-state index in [1.807, 2.05) is 25.1 Å². The molecule has 0 amide bonds. The summed E-state index contributed by atoms with van der Waals surface area (Å²) in [6, 6.07) is 5.89. The van der Waals surface area contributed by atoms with Crippen molar-refractivity contribution in [2.24, 2.45) is 0 Å². The Morgan fingerprint density at radius 3 is 2.40 bits per heavy atom. The molecule has 0 radical (unpaired) electrons. The summed E-state index contributed by atoms with van der Waals surface area (Å²) >= 11 is 0. The van der Waals surface area contributed by atoms with Gasteiger partial charge in [-0.2, -0.15) is 0 Å². The Morgan fingerprint density at radius 2 is 1.90 bits per heavy atom. The van der Waals surface area contributed by atoms with Gasteiger partial charge >= 0.3 is 0 Å². The molecule has 2 nitrogen and oxygen atoms in total. The van der Waals surface area contributed by atoms with Gasteiger partial charge < -0.3 is 9.53 Å². The molecule has 0 aliphatic rings. The quantitative estimate of drug-likeness (QED) is 0.656. The lowest BCUT2D eigenvalue weighted by molar-refractivity contribution is 0.183. The first-order valence-electron chi connectivity index (χ1n) is 6.99. The fourth-order valence-electron chi connectivity index (χ4n) is 1.71. The van der Waals surface area contributed by atoms with Gasteiger partial charge in [0.15, 0.2) is 0 Å². The Labute approximate surface area is 124 Å². The van der Waals surface area contributed by atoms with E-state index in [2.05, 4.69) is 39.8 Å². The SMILES string of the molecule is C#CCC(O)c1cc(C)cc(O[Si](C)(C)C(C)(C)C)c1. The van der Waals surface area contributed by atoms with E-state index in [1.54, 1.807) is 0 Å². The van der Waals surface area contributed by atoms with Gasteiger partial charge in [-0.1, -0.05) is 26.8 Å². The maximum Gasteiger partial charge on any atom is 0.250 e. The van der Waals surface area contributed by atoms with Crippen LogP contribution >= 0.6 is 0 Å². The van der Waals surface area contributed by atoms with Crippen LogP contribution in [0.15, 0.2) is 18.2 Å². The highest BCUT2D eigenvalue weighted by atomic mass is 28.4. The van der Waals surface area contributed by atoms with E-state index < -0.39 is 14.4 Å². The van der Waals surface area contributed by atoms with E-state index in [4.69, 9.17) is 10.8 Å². The maximum absolute atomic E-state index is 10.0. The van der Waals surface area contributed by atoms with Crippen molar-refractivity contribution in [1.29, 1.82) is 0 Å². The highest BCUT2D eigenvalue weighted by Gasteiger charge is 2.39. The molecule has 1 rings (SSSR count). The van der Waals surface area contributed by atoms with Crippen LogP contribution in [0.5, 0.6) is 5.75 Å². The third-order valence-corrected chi connectivity index (χ3v) is 8.31. The minimum atomic E-state index is -1.87. The van der Waals surface area contributed by atoms with Crippen molar-refractivity contribution >= 4 is 8.32 Å². The molecule has 1 N–H and O–H groups in total. The zero-order chi connectivity index (χ0) is 15.6. The first kappa shape index (κ1) is 16.8. The second-order valence-corrected chi connectivity index (χ2v) is 11.6. The predicted octanol–water partition coefficient (Wildman–Crippen LogP) is 4.44. The molecule has 1 atom stereocenters. The standard InChI is InChI=1S/C17H26O2Si/c1-8-9-16(18)14-10-13(2)11-15(12-14)19-20(6,7)17(3,4)5/h1,10-12,16,18H,9H2,2-7H3. The second-order valence-electron chi connectivity index (χ2n) is 6.87. The van der Waals surface area contributed by atoms with Gasteiger partial charge in [-0.25, -0.2) is 0 Å². The molecule has 0 fully saturated rings. The highest BCUT2D eigenvalue weighted by molar-refractivity contribution is 6.74. The summed E-state index contributed by atoms with van der Waals surface area (Å²) in [7, 11) is -1.87. The smallest absolute Gasteiger partial charge is 0.250 e. The number of aryl methyl sites for hydroxylation is 1. The van der Waals surface area contributed by atoms with Crippen LogP contribution in [0.1, 0.15) is 44.4 Å². The van der Waals surface area contributed by atoms with Gasteiger partial charge in [0, 0.05) is 6.42 Å². The first-order chi connectivity index (χ1) is 9.06. The molecule has 3 heteroatoms. The molecule has 0 aliphatic heterocycles. The lowest BCUT2D eigenvalue weighted by Crippen LogP contribution is -2.43. The Bertz CT molecular complexity index is 507. The van der Waals surface area contributed by atoms with Crippen molar-refractivity contribution < 1.29 is 9.53 Å². The van der Waals surface area contributed by atoms with E-state index in [0.717, 1.165) is 16.9 Å². The summed E-state index contributed by atoms with van der Waals surface area (Å²) in [5, 5.41) is 10.2. The topological polar surface area (TPSA) is 29.5 Å². The molecule has 0 aliphatic carbocycles. The van der Waals surface area contributed by atoms with Crippen molar-refractivity contribution in [3.05, 3.63) is 29.3 Å². The van der Waals surface area contributed by atoms with Crippen molar-refractivity contribution in [3.63, 3.8) is 0 Å². The molecular formula is C17H26O2Si. The summed E-state index contributed by atoms with van der Waals surface area (Å²) in [5.41, 5.74) is 1.91. The average Bonchev–Trinajstić information content (AvgIpc) is 2.26. The minimum absolute atomic E-state index is 0.147. The van der Waals surface area contributed by atoms with Crippen LogP contribution in [-0.4, -0.2) is 13.4 Å². The van der Waals surface area contributed by atoms with Gasteiger partial charge in [-0.05, 0) is 48.3 Å². The molecule has 1 aromatic rings. The number of hydrogen-bond donors (Lipinski definition) is 1. The minimum Gasteiger partial charge on any atom is -0.543 e. The van der Waals surface area contributed by atoms with Crippen LogP contribution in [0.25, 0.3) is 0 Å². The Hall–Kier alpha value is -1.24. The van der Waals surface area contributed by atoms with Gasteiger partial charge in [-0.15, -0.1) is 12.3 Å². The summed E-state index contributed by atoms with van der Waals surface area (Å²) in [6.45, 7) is 13.1. The van der Waals surface area contributed by atoms with Crippen LogP contribution in [0.2, 0.25) is 18.1 Å². The largest absolute Gasteiger partial charge is 0.543 e. The van der Waals surface area contributed by atoms with Gasteiger partial charge in [0.1, 0.15) is 5.75 Å². The second kappa shape index (κ2) is 6.03. The normalized spacial score (nSPS) is 13.7. The molecule has 0 saturated carbocycles. The molecular weight excluding hydrogens is 264 g/mol. The number of aliphatic hydroxyl groups is 1. The third kappa shape index (κ3) is 4.13. The predicted molar refractivity (Wildman–Crippen MR) is 87.4 cm³/mol. The highest BCUT2D eigenvalue weighted by Crippen LogP contribution is 2.38. The summed E-state index contributed by atoms with van der Waals surface area (Å²) in [4.78, 5) is 0. The Morgan fingerprint density at radius 1 is 1.30 bits per heavy atom. The zero-order valence-electron chi connectivity index (χ0n) is 13.4. The zero-order valence-corrected chi connectivity index (χ0v) is 14.4. The van der Waals surface area contributed by atoms with E-state index in [9.17, 15) is 5.11 Å². The molecule has 0 aromatic heterocycles. The average molecular weight is 290 g/mol. The monoisotopic (exact) mass is 290 g/mol. The van der Waals surface area contributed by atoms with Gasteiger partial charge in [0.2, 0.25) is 8.32 Å². The van der Waals surface area contributed by atoms with E-state index in [-0.39, 0.29) is 5.04 Å². The van der Waals surface area contributed by atoms with Gasteiger partial charge in [0.05, 0.1) is 6.10 Å². The van der Waals surface area contributed by atoms with Crippen molar-refractivity contribution in [3.8, 4) is 18.1 Å². The molecule has 20 heavy (non-hydrogen) atoms. The summed E-state index contributed by atoms with van der Waals surface area (Å²) < 4.78 is 6.29. The Balaban J connectivity index is 3.06. The number of benzene rings is 1. The van der Waals surface area contributed by atoms with E-state index >= 15 is 0 Å². The van der Waals surface area contributed by atoms with Crippen LogP contribution in [0, 0.1) is 19.3 Å². The lowest BCUT2D eigenvalue weighted by atomic mass is 10.0. The Kier molecular flexibility index (Phi) is 5.07. The molecule has 0 bridgehead atoms. The summed E-state index contributed by atoms with van der Waals surface area (Å²) in [5.74, 6) is 3.33. The van der Waals surface area contributed by atoms with Crippen LogP contribution in [0.4, 0.5) is 0 Å². The fraction of sp³-hybridized carbons (Fsp3) is 0.529. The van der Waals surface area contributed by atoms with Gasteiger partial charge in [-0.3, -0.25) is 0 Å². The van der Waals surface area contributed by atoms with Crippen LogP contribution < -0.4 is 4.43 Å². The molecule has 1 unspecified atom stereocenters. The van der Waals surface area contributed by atoms with Crippen molar-refractivity contribution in [2.45, 2.75) is 58.4 Å². The number of terminal acetylenes is 1. The first-order valence-corrected chi connectivity index (χ1v) is 9.90. The maximum atomic E-state index is 10.0. The van der Waals surface area contributed by atoms with Gasteiger partial charge in [0.25, 0.3) is 0 Å². The molecule has 110 valence electrons. The van der Waals surface area contributed by atoms with Crippen molar-refractivity contribution in [2.75, 3.05) is 0 Å². The number of aliphatic hydroxyl groups excluding tert-OH is 1. The molecule has 1 aromatic carbocycles. The third-order valence-electron chi connectivity index (χ3n) is 3.95. The van der Waals surface area contributed by atoms with E-state index in [1.165, 1.54) is 0 Å². The molecule has 0 saturated heterocycles. The van der Waals surface area contributed by atoms with Crippen LogP contribution in [0.3, 0.4) is 0 Å². The summed E-state index contributed by atoms with van der Waals surface area (Å²) in [6.07, 6.45) is 4.97. The van der Waals surface area contributed by atoms with Crippen LogP contribution in [-0.2, 0) is 0 Å².